The van der Waals surface area contributed by atoms with Crippen molar-refractivity contribution >= 4 is 28.3 Å². The van der Waals surface area contributed by atoms with Gasteiger partial charge in [-0.3, -0.25) is 0 Å². The molecule has 28 heavy (non-hydrogen) atoms. The number of nitriles is 1. The van der Waals surface area contributed by atoms with Gasteiger partial charge in [-0.25, -0.2) is 14.8 Å². The monoisotopic (exact) mass is 400 g/mol. The summed E-state index contributed by atoms with van der Waals surface area (Å²) in [5, 5.41) is 12.7. The Morgan fingerprint density at radius 3 is 2.96 bits per heavy atom. The molecule has 8 nitrogen and oxygen atoms in total. The van der Waals surface area contributed by atoms with Gasteiger partial charge in [-0.1, -0.05) is 11.3 Å². The van der Waals surface area contributed by atoms with Crippen molar-refractivity contribution in [2.24, 2.45) is 5.92 Å². The number of anilines is 2. The van der Waals surface area contributed by atoms with Crippen LogP contribution in [0.1, 0.15) is 16.0 Å². The second kappa shape index (κ2) is 8.99. The lowest BCUT2D eigenvalue weighted by Crippen LogP contribution is -2.42. The van der Waals surface area contributed by atoms with E-state index in [0.717, 1.165) is 17.5 Å². The maximum Gasteiger partial charge on any atom is 0.319 e. The summed E-state index contributed by atoms with van der Waals surface area (Å²) in [6.45, 7) is 4.53. The minimum absolute atomic E-state index is 0.0186. The zero-order chi connectivity index (χ0) is 20.1. The number of aryl methyl sites for hydroxylation is 1. The Kier molecular flexibility index (Phi) is 6.44. The molecule has 0 aromatic carbocycles. The van der Waals surface area contributed by atoms with Gasteiger partial charge in [0.1, 0.15) is 16.8 Å². The third kappa shape index (κ3) is 4.97. The number of hydrogen-bond donors (Lipinski definition) is 1. The zero-order valence-corrected chi connectivity index (χ0v) is 17.1. The quantitative estimate of drug-likeness (QED) is 0.848. The fraction of sp³-hybridized carbons (Fsp3) is 0.474. The predicted octanol–water partition coefficient (Wildman–Crippen LogP) is 2.63. The molecule has 1 aliphatic rings. The SMILES string of the molecule is Cc1cc(Nc2ncc(C#N)s2)ncc1CC1COCCN(C(=O)N(C)C)C1. The molecule has 0 bridgehead atoms. The van der Waals surface area contributed by atoms with E-state index in [1.165, 1.54) is 11.3 Å². The van der Waals surface area contributed by atoms with Crippen molar-refractivity contribution in [1.82, 2.24) is 19.8 Å². The number of thiazole rings is 1. The molecule has 1 N–H and O–H groups in total. The molecule has 1 fully saturated rings. The molecular formula is C19H24N6O2S. The summed E-state index contributed by atoms with van der Waals surface area (Å²) in [5.74, 6) is 0.921. The van der Waals surface area contributed by atoms with Crippen LogP contribution in [0.2, 0.25) is 0 Å². The Balaban J connectivity index is 1.66. The van der Waals surface area contributed by atoms with Crippen molar-refractivity contribution in [2.75, 3.05) is 45.7 Å². The van der Waals surface area contributed by atoms with Crippen LogP contribution in [0.25, 0.3) is 0 Å². The number of nitrogens with one attached hydrogen (secondary N) is 1. The van der Waals surface area contributed by atoms with Crippen molar-refractivity contribution in [1.29, 1.82) is 5.26 Å². The second-order valence-electron chi connectivity index (χ2n) is 7.03. The van der Waals surface area contributed by atoms with E-state index in [9.17, 15) is 4.79 Å². The van der Waals surface area contributed by atoms with Crippen LogP contribution in [0.5, 0.6) is 0 Å². The van der Waals surface area contributed by atoms with Crippen LogP contribution >= 0.6 is 11.3 Å². The minimum atomic E-state index is 0.0186. The van der Waals surface area contributed by atoms with Crippen molar-refractivity contribution < 1.29 is 9.53 Å². The Morgan fingerprint density at radius 2 is 2.29 bits per heavy atom. The number of nitrogens with zero attached hydrogens (tertiary/aromatic N) is 5. The highest BCUT2D eigenvalue weighted by Crippen LogP contribution is 2.23. The molecule has 0 aliphatic carbocycles. The highest BCUT2D eigenvalue weighted by Gasteiger charge is 2.24. The molecule has 1 aliphatic heterocycles. The average molecular weight is 401 g/mol. The number of pyridine rings is 1. The first kappa shape index (κ1) is 20.0. The van der Waals surface area contributed by atoms with E-state index in [-0.39, 0.29) is 11.9 Å². The van der Waals surface area contributed by atoms with Gasteiger partial charge in [0, 0.05) is 39.3 Å². The molecule has 1 saturated heterocycles. The number of hydrogen-bond acceptors (Lipinski definition) is 7. The fourth-order valence-corrected chi connectivity index (χ4v) is 3.75. The normalized spacial score (nSPS) is 16.9. The van der Waals surface area contributed by atoms with Gasteiger partial charge in [-0.15, -0.1) is 0 Å². The van der Waals surface area contributed by atoms with Crippen molar-refractivity contribution in [2.45, 2.75) is 13.3 Å². The van der Waals surface area contributed by atoms with Gasteiger partial charge in [0.2, 0.25) is 0 Å². The number of ether oxygens (including phenoxy) is 1. The fourth-order valence-electron chi connectivity index (χ4n) is 3.13. The van der Waals surface area contributed by atoms with Crippen LogP contribution in [-0.4, -0.2) is 66.2 Å². The molecular weight excluding hydrogens is 376 g/mol. The number of aromatic nitrogens is 2. The Labute approximate surface area is 168 Å². The van der Waals surface area contributed by atoms with Gasteiger partial charge in [-0.2, -0.15) is 5.26 Å². The number of rotatable bonds is 4. The first-order chi connectivity index (χ1) is 13.5. The molecule has 9 heteroatoms. The molecule has 0 saturated carbocycles. The summed E-state index contributed by atoms with van der Waals surface area (Å²) in [6.07, 6.45) is 4.20. The van der Waals surface area contributed by atoms with E-state index in [1.807, 2.05) is 24.1 Å². The lowest BCUT2D eigenvalue weighted by Gasteiger charge is -2.26. The zero-order valence-electron chi connectivity index (χ0n) is 16.3. The highest BCUT2D eigenvalue weighted by molar-refractivity contribution is 7.16. The molecule has 2 amide bonds. The molecule has 0 spiro atoms. The van der Waals surface area contributed by atoms with E-state index >= 15 is 0 Å². The third-order valence-corrected chi connectivity index (χ3v) is 5.39. The van der Waals surface area contributed by atoms with E-state index in [0.29, 0.717) is 42.1 Å². The molecule has 1 atom stereocenters. The van der Waals surface area contributed by atoms with Crippen molar-refractivity contribution in [3.63, 3.8) is 0 Å². The van der Waals surface area contributed by atoms with Gasteiger partial charge >= 0.3 is 6.03 Å². The topological polar surface area (TPSA) is 94.4 Å². The summed E-state index contributed by atoms with van der Waals surface area (Å²) in [4.78, 5) is 25.0. The van der Waals surface area contributed by atoms with Crippen LogP contribution in [0.3, 0.4) is 0 Å². The van der Waals surface area contributed by atoms with E-state index in [1.54, 1.807) is 25.2 Å². The predicted molar refractivity (Wildman–Crippen MR) is 108 cm³/mol. The smallest absolute Gasteiger partial charge is 0.319 e. The lowest BCUT2D eigenvalue weighted by molar-refractivity contribution is 0.121. The summed E-state index contributed by atoms with van der Waals surface area (Å²) < 4.78 is 5.72. The van der Waals surface area contributed by atoms with Crippen molar-refractivity contribution in [3.8, 4) is 6.07 Å². The van der Waals surface area contributed by atoms with Crippen LogP contribution in [0, 0.1) is 24.2 Å². The summed E-state index contributed by atoms with van der Waals surface area (Å²) in [6, 6.07) is 4.07. The molecule has 0 radical (unpaired) electrons. The van der Waals surface area contributed by atoms with E-state index < -0.39 is 0 Å². The molecule has 148 valence electrons. The molecule has 3 rings (SSSR count). The van der Waals surface area contributed by atoms with Gasteiger partial charge in [0.15, 0.2) is 5.13 Å². The standard InChI is InChI=1S/C19H24N6O2S/c1-13-6-17(23-18-22-10-16(8-20)28-18)21-9-15(13)7-14-11-25(4-5-27-12-14)19(26)24(2)3/h6,9-10,14H,4-5,7,11-12H2,1-3H3,(H,21,22,23). The van der Waals surface area contributed by atoms with Crippen molar-refractivity contribution in [3.05, 3.63) is 34.5 Å². The van der Waals surface area contributed by atoms with Gasteiger partial charge in [0.25, 0.3) is 0 Å². The first-order valence-electron chi connectivity index (χ1n) is 9.08. The average Bonchev–Trinajstić information content (AvgIpc) is 2.99. The van der Waals surface area contributed by atoms with Gasteiger partial charge in [0.05, 0.1) is 19.4 Å². The molecule has 1 unspecified atom stereocenters. The molecule has 2 aromatic rings. The highest BCUT2D eigenvalue weighted by atomic mass is 32.1. The number of amides is 2. The largest absolute Gasteiger partial charge is 0.379 e. The number of carbonyl (C=O) groups excluding carboxylic acids is 1. The van der Waals surface area contributed by atoms with E-state index in [2.05, 4.69) is 21.4 Å². The first-order valence-corrected chi connectivity index (χ1v) is 9.90. The number of carbonyl (C=O) groups is 1. The van der Waals surface area contributed by atoms with Gasteiger partial charge < -0.3 is 19.9 Å². The minimum Gasteiger partial charge on any atom is -0.379 e. The lowest BCUT2D eigenvalue weighted by atomic mass is 9.97. The maximum absolute atomic E-state index is 12.3. The van der Waals surface area contributed by atoms with Crippen LogP contribution < -0.4 is 5.32 Å². The second-order valence-corrected chi connectivity index (χ2v) is 8.06. The van der Waals surface area contributed by atoms with Gasteiger partial charge in [-0.05, 0) is 30.5 Å². The maximum atomic E-state index is 12.3. The molecule has 2 aromatic heterocycles. The molecule has 3 heterocycles. The summed E-state index contributed by atoms with van der Waals surface area (Å²) in [7, 11) is 3.54. The van der Waals surface area contributed by atoms with E-state index in [4.69, 9.17) is 10.00 Å². The summed E-state index contributed by atoms with van der Waals surface area (Å²) in [5.41, 5.74) is 2.25. The van der Waals surface area contributed by atoms with Crippen LogP contribution in [-0.2, 0) is 11.2 Å². The Hall–Kier alpha value is -2.70. The Bertz CT molecular complexity index is 876. The Morgan fingerprint density at radius 1 is 1.46 bits per heavy atom. The van der Waals surface area contributed by atoms with Crippen LogP contribution in [0.15, 0.2) is 18.5 Å². The number of urea groups is 1. The third-order valence-electron chi connectivity index (χ3n) is 4.57. The van der Waals surface area contributed by atoms with Crippen LogP contribution in [0.4, 0.5) is 15.7 Å². The summed E-state index contributed by atoms with van der Waals surface area (Å²) >= 11 is 1.29.